The maximum atomic E-state index is 11.9. The first-order chi connectivity index (χ1) is 9.90. The van der Waals surface area contributed by atoms with Crippen molar-refractivity contribution in [3.05, 3.63) is 0 Å². The molecule has 1 rings (SSSR count). The second-order valence-electron chi connectivity index (χ2n) is 5.75. The molecule has 0 aromatic heterocycles. The lowest BCUT2D eigenvalue weighted by Crippen LogP contribution is -2.43. The Bertz CT molecular complexity index is 380. The van der Waals surface area contributed by atoms with E-state index in [4.69, 9.17) is 10.8 Å². The van der Waals surface area contributed by atoms with Gasteiger partial charge in [0.05, 0.1) is 0 Å². The van der Waals surface area contributed by atoms with Crippen LogP contribution in [0.3, 0.4) is 0 Å². The summed E-state index contributed by atoms with van der Waals surface area (Å²) in [5.74, 6) is -1.36. The van der Waals surface area contributed by atoms with Crippen molar-refractivity contribution in [1.82, 2.24) is 10.6 Å². The molecule has 1 heterocycles. The summed E-state index contributed by atoms with van der Waals surface area (Å²) in [4.78, 5) is 33.7. The fraction of sp³-hybridized carbons (Fsp3) is 0.786. The molecule has 1 saturated heterocycles. The Morgan fingerprint density at radius 2 is 2.14 bits per heavy atom. The number of carboxylic acids is 1. The van der Waals surface area contributed by atoms with Crippen LogP contribution in [-0.4, -0.2) is 42.0 Å². The molecule has 0 bridgehead atoms. The van der Waals surface area contributed by atoms with Crippen LogP contribution < -0.4 is 16.4 Å². The number of carbonyl (C=O) groups excluding carboxylic acids is 2. The van der Waals surface area contributed by atoms with E-state index in [1.807, 2.05) is 6.92 Å². The van der Waals surface area contributed by atoms with Gasteiger partial charge in [-0.05, 0) is 44.2 Å². The van der Waals surface area contributed by atoms with Crippen LogP contribution in [0.1, 0.15) is 39.0 Å². The van der Waals surface area contributed by atoms with Crippen LogP contribution >= 0.6 is 0 Å². The molecule has 120 valence electrons. The van der Waals surface area contributed by atoms with E-state index in [2.05, 4.69) is 10.6 Å². The maximum absolute atomic E-state index is 11.9. The van der Waals surface area contributed by atoms with Crippen LogP contribution in [0.15, 0.2) is 0 Å². The van der Waals surface area contributed by atoms with E-state index in [1.54, 1.807) is 0 Å². The van der Waals surface area contributed by atoms with Crippen molar-refractivity contribution in [2.45, 2.75) is 45.1 Å². The summed E-state index contributed by atoms with van der Waals surface area (Å²) in [6, 6.07) is -1.05. The number of hydrogen-bond donors (Lipinski definition) is 4. The second kappa shape index (κ2) is 8.61. The fourth-order valence-electron chi connectivity index (χ4n) is 2.62. The number of rotatable bonds is 8. The normalized spacial score (nSPS) is 21.3. The number of carboxylic acid groups (broad SMARTS) is 1. The third-order valence-electron chi connectivity index (χ3n) is 3.96. The molecular weight excluding hydrogens is 274 g/mol. The lowest BCUT2D eigenvalue weighted by Gasteiger charge is -2.28. The minimum atomic E-state index is -1.14. The third kappa shape index (κ3) is 6.57. The van der Waals surface area contributed by atoms with Crippen molar-refractivity contribution < 1.29 is 19.5 Å². The Hall–Kier alpha value is -1.63. The Balaban J connectivity index is 2.41. The summed E-state index contributed by atoms with van der Waals surface area (Å²) in [6.07, 6.45) is 2.46. The highest BCUT2D eigenvalue weighted by Gasteiger charge is 2.25. The van der Waals surface area contributed by atoms with E-state index in [0.29, 0.717) is 12.3 Å². The lowest BCUT2D eigenvalue weighted by molar-refractivity contribution is -0.142. The summed E-state index contributed by atoms with van der Waals surface area (Å²) >= 11 is 0. The molecule has 0 aromatic carbocycles. The molecule has 0 aromatic rings. The van der Waals surface area contributed by atoms with Gasteiger partial charge in [-0.1, -0.05) is 6.92 Å². The number of nitrogens with two attached hydrogens (primary N) is 1. The molecule has 21 heavy (non-hydrogen) atoms. The zero-order valence-electron chi connectivity index (χ0n) is 12.4. The predicted octanol–water partition coefficient (Wildman–Crippen LogP) is -0.153. The Kier molecular flexibility index (Phi) is 7.14. The first-order valence-electron chi connectivity index (χ1n) is 7.41. The number of hydrogen-bond acceptors (Lipinski definition) is 4. The van der Waals surface area contributed by atoms with Crippen LogP contribution in [0.5, 0.6) is 0 Å². The number of amides is 2. The first kappa shape index (κ1) is 17.4. The zero-order valence-corrected chi connectivity index (χ0v) is 12.4. The van der Waals surface area contributed by atoms with Crippen molar-refractivity contribution >= 4 is 17.8 Å². The second-order valence-corrected chi connectivity index (χ2v) is 5.75. The zero-order chi connectivity index (χ0) is 15.8. The Morgan fingerprint density at radius 3 is 2.67 bits per heavy atom. The summed E-state index contributed by atoms with van der Waals surface area (Å²) in [5, 5.41) is 14.8. The van der Waals surface area contributed by atoms with E-state index < -0.39 is 17.9 Å². The smallest absolute Gasteiger partial charge is 0.326 e. The van der Waals surface area contributed by atoms with Gasteiger partial charge in [0.25, 0.3) is 0 Å². The molecule has 1 aliphatic heterocycles. The molecule has 3 unspecified atom stereocenters. The lowest BCUT2D eigenvalue weighted by atomic mass is 9.85. The highest BCUT2D eigenvalue weighted by molar-refractivity contribution is 5.84. The van der Waals surface area contributed by atoms with Crippen LogP contribution in [0.4, 0.5) is 0 Å². The predicted molar refractivity (Wildman–Crippen MR) is 77.4 cm³/mol. The molecule has 7 nitrogen and oxygen atoms in total. The summed E-state index contributed by atoms with van der Waals surface area (Å²) in [5.41, 5.74) is 5.00. The van der Waals surface area contributed by atoms with Crippen molar-refractivity contribution in [2.75, 3.05) is 13.1 Å². The molecule has 7 heteroatoms. The van der Waals surface area contributed by atoms with E-state index in [-0.39, 0.29) is 24.7 Å². The molecule has 0 aliphatic carbocycles. The standard InChI is InChI=1S/C14H25N3O4/c1-9(10-3-2-6-16-8-10)7-13(19)17-11(14(20)21)4-5-12(15)18/h9-11,16H,2-8H2,1H3,(H2,15,18)(H,17,19)(H,20,21). The highest BCUT2D eigenvalue weighted by Crippen LogP contribution is 2.22. The van der Waals surface area contributed by atoms with Gasteiger partial charge in [0.2, 0.25) is 11.8 Å². The highest BCUT2D eigenvalue weighted by atomic mass is 16.4. The van der Waals surface area contributed by atoms with Gasteiger partial charge in [0.1, 0.15) is 6.04 Å². The van der Waals surface area contributed by atoms with Gasteiger partial charge >= 0.3 is 5.97 Å². The summed E-state index contributed by atoms with van der Waals surface area (Å²) < 4.78 is 0. The van der Waals surface area contributed by atoms with E-state index in [0.717, 1.165) is 25.9 Å². The van der Waals surface area contributed by atoms with Crippen molar-refractivity contribution in [2.24, 2.45) is 17.6 Å². The Morgan fingerprint density at radius 1 is 1.43 bits per heavy atom. The molecule has 3 atom stereocenters. The van der Waals surface area contributed by atoms with E-state index in [9.17, 15) is 14.4 Å². The van der Waals surface area contributed by atoms with Gasteiger partial charge in [-0.15, -0.1) is 0 Å². The molecule has 0 saturated carbocycles. The number of aliphatic carboxylic acids is 1. The number of primary amides is 1. The number of piperidine rings is 1. The summed E-state index contributed by atoms with van der Waals surface area (Å²) in [6.45, 7) is 3.93. The minimum absolute atomic E-state index is 0.0236. The van der Waals surface area contributed by atoms with Crippen LogP contribution in [0.25, 0.3) is 0 Å². The van der Waals surface area contributed by atoms with Gasteiger partial charge in [-0.2, -0.15) is 0 Å². The number of nitrogens with one attached hydrogen (secondary N) is 2. The Labute approximate surface area is 124 Å². The molecule has 2 amide bonds. The van der Waals surface area contributed by atoms with E-state index >= 15 is 0 Å². The van der Waals surface area contributed by atoms with Crippen molar-refractivity contribution in [1.29, 1.82) is 0 Å². The van der Waals surface area contributed by atoms with Crippen LogP contribution in [0.2, 0.25) is 0 Å². The quantitative estimate of drug-likeness (QED) is 0.496. The SMILES string of the molecule is CC(CC(=O)NC(CCC(N)=O)C(=O)O)C1CCCNC1. The summed E-state index contributed by atoms with van der Waals surface area (Å²) in [7, 11) is 0. The fourth-order valence-corrected chi connectivity index (χ4v) is 2.62. The number of carbonyl (C=O) groups is 3. The monoisotopic (exact) mass is 299 g/mol. The molecule has 1 fully saturated rings. The maximum Gasteiger partial charge on any atom is 0.326 e. The van der Waals surface area contributed by atoms with Gasteiger partial charge in [0.15, 0.2) is 0 Å². The van der Waals surface area contributed by atoms with Crippen LogP contribution in [0, 0.1) is 11.8 Å². The van der Waals surface area contributed by atoms with Gasteiger partial charge in [-0.25, -0.2) is 4.79 Å². The van der Waals surface area contributed by atoms with Gasteiger partial charge in [-0.3, -0.25) is 9.59 Å². The largest absolute Gasteiger partial charge is 0.480 e. The molecule has 1 aliphatic rings. The van der Waals surface area contributed by atoms with Crippen molar-refractivity contribution in [3.63, 3.8) is 0 Å². The average molecular weight is 299 g/mol. The average Bonchev–Trinajstić information content (AvgIpc) is 2.43. The molecule has 0 radical (unpaired) electrons. The first-order valence-corrected chi connectivity index (χ1v) is 7.41. The molecule has 5 N–H and O–H groups in total. The van der Waals surface area contributed by atoms with Crippen molar-refractivity contribution in [3.8, 4) is 0 Å². The topological polar surface area (TPSA) is 122 Å². The third-order valence-corrected chi connectivity index (χ3v) is 3.96. The van der Waals surface area contributed by atoms with Crippen LogP contribution in [-0.2, 0) is 14.4 Å². The molecule has 0 spiro atoms. The minimum Gasteiger partial charge on any atom is -0.480 e. The van der Waals surface area contributed by atoms with Gasteiger partial charge < -0.3 is 21.5 Å². The van der Waals surface area contributed by atoms with E-state index in [1.165, 1.54) is 0 Å². The molecular formula is C14H25N3O4. The van der Waals surface area contributed by atoms with Gasteiger partial charge in [0, 0.05) is 12.8 Å².